The first-order valence-electron chi connectivity index (χ1n) is 9.49. The highest BCUT2D eigenvalue weighted by molar-refractivity contribution is 9.10. The summed E-state index contributed by atoms with van der Waals surface area (Å²) in [6.07, 6.45) is 11.5. The fourth-order valence-corrected chi connectivity index (χ4v) is 6.16. The van der Waals surface area contributed by atoms with E-state index in [0.29, 0.717) is 11.4 Å². The number of rotatable bonds is 3. The number of anilines is 1. The molecule has 4 bridgehead atoms. The SMILES string of the molecule is O=C(Nc1ccc(Br)cn1)c1ccnc(C23CC4CC(CC(C4)C2)C3)c1. The predicted octanol–water partition coefficient (Wildman–Crippen LogP) is 4.96. The molecule has 26 heavy (non-hydrogen) atoms. The third kappa shape index (κ3) is 2.86. The van der Waals surface area contributed by atoms with Crippen molar-refractivity contribution in [2.75, 3.05) is 5.32 Å². The lowest BCUT2D eigenvalue weighted by Gasteiger charge is -2.56. The van der Waals surface area contributed by atoms with Gasteiger partial charge in [0.05, 0.1) is 0 Å². The van der Waals surface area contributed by atoms with Crippen molar-refractivity contribution in [3.63, 3.8) is 0 Å². The molecule has 4 nitrogen and oxygen atoms in total. The smallest absolute Gasteiger partial charge is 0.256 e. The number of nitrogens with one attached hydrogen (secondary N) is 1. The quantitative estimate of drug-likeness (QED) is 0.776. The van der Waals surface area contributed by atoms with Crippen LogP contribution in [0, 0.1) is 17.8 Å². The summed E-state index contributed by atoms with van der Waals surface area (Å²) in [5.41, 5.74) is 2.02. The second-order valence-electron chi connectivity index (χ2n) is 8.44. The standard InChI is InChI=1S/C21H22BrN3O/c22-17-1-2-19(24-12-17)25-20(26)16-3-4-23-18(8-16)21-9-13-5-14(10-21)7-15(6-13)11-21/h1-4,8,12-15H,5-7,9-11H2,(H,24,25,26). The average Bonchev–Trinajstić information content (AvgIpc) is 2.63. The number of nitrogens with zero attached hydrogens (tertiary/aromatic N) is 2. The van der Waals surface area contributed by atoms with Crippen molar-refractivity contribution < 1.29 is 4.79 Å². The van der Waals surface area contributed by atoms with E-state index in [2.05, 4.69) is 26.2 Å². The van der Waals surface area contributed by atoms with Crippen LogP contribution in [0.15, 0.2) is 41.1 Å². The van der Waals surface area contributed by atoms with Gasteiger partial charge >= 0.3 is 0 Å². The molecular weight excluding hydrogens is 390 g/mol. The molecule has 1 N–H and O–H groups in total. The van der Waals surface area contributed by atoms with E-state index in [9.17, 15) is 4.79 Å². The van der Waals surface area contributed by atoms with Crippen LogP contribution in [0.5, 0.6) is 0 Å². The molecule has 1 amide bonds. The molecule has 0 spiro atoms. The van der Waals surface area contributed by atoms with Crippen LogP contribution in [-0.4, -0.2) is 15.9 Å². The molecule has 0 aromatic carbocycles. The number of hydrogen-bond acceptors (Lipinski definition) is 3. The summed E-state index contributed by atoms with van der Waals surface area (Å²) in [4.78, 5) is 21.6. The number of halogens is 1. The minimum atomic E-state index is -0.117. The zero-order valence-electron chi connectivity index (χ0n) is 14.6. The van der Waals surface area contributed by atoms with Crippen LogP contribution in [0.4, 0.5) is 5.82 Å². The van der Waals surface area contributed by atoms with Crippen molar-refractivity contribution >= 4 is 27.7 Å². The fraction of sp³-hybridized carbons (Fsp3) is 0.476. The van der Waals surface area contributed by atoms with Gasteiger partial charge in [0.15, 0.2) is 0 Å². The van der Waals surface area contributed by atoms with Crippen LogP contribution in [0.3, 0.4) is 0 Å². The molecule has 2 heterocycles. The zero-order valence-corrected chi connectivity index (χ0v) is 16.2. The van der Waals surface area contributed by atoms with Crippen LogP contribution in [-0.2, 0) is 5.41 Å². The lowest BCUT2D eigenvalue weighted by Crippen LogP contribution is -2.49. The van der Waals surface area contributed by atoms with Crippen LogP contribution in [0.25, 0.3) is 0 Å². The Hall–Kier alpha value is -1.75. The number of aromatic nitrogens is 2. The average molecular weight is 412 g/mol. The van der Waals surface area contributed by atoms with Gasteiger partial charge in [-0.05, 0) is 96.5 Å². The van der Waals surface area contributed by atoms with Gasteiger partial charge in [0.2, 0.25) is 0 Å². The predicted molar refractivity (Wildman–Crippen MR) is 104 cm³/mol. The highest BCUT2D eigenvalue weighted by Crippen LogP contribution is 2.60. The normalized spacial score (nSPS) is 31.8. The van der Waals surface area contributed by atoms with Crippen molar-refractivity contribution in [2.45, 2.75) is 43.9 Å². The minimum Gasteiger partial charge on any atom is -0.307 e. The molecule has 0 aliphatic heterocycles. The molecule has 4 fully saturated rings. The van der Waals surface area contributed by atoms with E-state index >= 15 is 0 Å². The van der Waals surface area contributed by atoms with E-state index in [1.54, 1.807) is 24.5 Å². The Kier molecular flexibility index (Phi) is 3.89. The van der Waals surface area contributed by atoms with Crippen molar-refractivity contribution in [1.82, 2.24) is 9.97 Å². The number of pyridine rings is 2. The molecule has 4 aliphatic rings. The molecule has 2 aromatic heterocycles. The highest BCUT2D eigenvalue weighted by atomic mass is 79.9. The first kappa shape index (κ1) is 16.4. The summed E-state index contributed by atoms with van der Waals surface area (Å²) in [6, 6.07) is 7.50. The van der Waals surface area contributed by atoms with Gasteiger partial charge < -0.3 is 5.32 Å². The first-order valence-corrected chi connectivity index (χ1v) is 10.3. The van der Waals surface area contributed by atoms with Gasteiger partial charge in [-0.25, -0.2) is 4.98 Å². The van der Waals surface area contributed by atoms with Gasteiger partial charge in [0.25, 0.3) is 5.91 Å². The monoisotopic (exact) mass is 411 g/mol. The largest absolute Gasteiger partial charge is 0.307 e. The molecule has 0 saturated heterocycles. The molecule has 2 aromatic rings. The maximum Gasteiger partial charge on any atom is 0.256 e. The van der Waals surface area contributed by atoms with E-state index in [1.165, 1.54) is 38.5 Å². The van der Waals surface area contributed by atoms with Gasteiger partial charge in [-0.15, -0.1) is 0 Å². The first-order chi connectivity index (χ1) is 12.6. The summed E-state index contributed by atoms with van der Waals surface area (Å²) in [5.74, 6) is 3.05. The summed E-state index contributed by atoms with van der Waals surface area (Å²) < 4.78 is 0.892. The second kappa shape index (κ2) is 6.15. The van der Waals surface area contributed by atoms with Gasteiger partial charge in [0.1, 0.15) is 5.82 Å². The molecule has 6 rings (SSSR count). The lowest BCUT2D eigenvalue weighted by molar-refractivity contribution is -0.00721. The van der Waals surface area contributed by atoms with Crippen molar-refractivity contribution in [3.05, 3.63) is 52.4 Å². The molecule has 4 aliphatic carbocycles. The summed E-state index contributed by atoms with van der Waals surface area (Å²) in [5, 5.41) is 2.89. The maximum atomic E-state index is 12.7. The third-order valence-electron chi connectivity index (χ3n) is 6.57. The molecule has 0 atom stereocenters. The topological polar surface area (TPSA) is 54.9 Å². The highest BCUT2D eigenvalue weighted by Gasteiger charge is 2.52. The van der Waals surface area contributed by atoms with Gasteiger partial charge in [-0.3, -0.25) is 9.78 Å². The molecule has 0 unspecified atom stereocenters. The van der Waals surface area contributed by atoms with Gasteiger partial charge in [-0.1, -0.05) is 0 Å². The Morgan fingerprint density at radius 3 is 2.35 bits per heavy atom. The summed E-state index contributed by atoms with van der Waals surface area (Å²) >= 11 is 3.36. The number of hydrogen-bond donors (Lipinski definition) is 1. The Bertz CT molecular complexity index is 813. The fourth-order valence-electron chi connectivity index (χ4n) is 5.92. The summed E-state index contributed by atoms with van der Waals surface area (Å²) in [6.45, 7) is 0. The van der Waals surface area contributed by atoms with E-state index < -0.39 is 0 Å². The van der Waals surface area contributed by atoms with Crippen LogP contribution in [0.1, 0.15) is 54.6 Å². The molecule has 0 radical (unpaired) electrons. The number of amides is 1. The van der Waals surface area contributed by atoms with E-state index in [0.717, 1.165) is 27.9 Å². The van der Waals surface area contributed by atoms with Crippen molar-refractivity contribution in [2.24, 2.45) is 17.8 Å². The van der Waals surface area contributed by atoms with Gasteiger partial charge in [0, 0.05) is 33.5 Å². The third-order valence-corrected chi connectivity index (χ3v) is 7.04. The van der Waals surface area contributed by atoms with Gasteiger partial charge in [-0.2, -0.15) is 0 Å². The number of carbonyl (C=O) groups excluding carboxylic acids is 1. The molecule has 134 valence electrons. The molecule has 5 heteroatoms. The van der Waals surface area contributed by atoms with Crippen molar-refractivity contribution in [1.29, 1.82) is 0 Å². The summed E-state index contributed by atoms with van der Waals surface area (Å²) in [7, 11) is 0. The second-order valence-corrected chi connectivity index (χ2v) is 9.36. The van der Waals surface area contributed by atoms with Crippen LogP contribution < -0.4 is 5.32 Å². The Balaban J connectivity index is 1.40. The Labute approximate surface area is 162 Å². The van der Waals surface area contributed by atoms with E-state index in [4.69, 9.17) is 4.98 Å². The van der Waals surface area contributed by atoms with Crippen LogP contribution in [0.2, 0.25) is 0 Å². The maximum absolute atomic E-state index is 12.7. The minimum absolute atomic E-state index is 0.117. The Morgan fingerprint density at radius 1 is 1.04 bits per heavy atom. The van der Waals surface area contributed by atoms with E-state index in [-0.39, 0.29) is 11.3 Å². The van der Waals surface area contributed by atoms with Crippen molar-refractivity contribution in [3.8, 4) is 0 Å². The zero-order chi connectivity index (χ0) is 17.7. The van der Waals surface area contributed by atoms with E-state index in [1.807, 2.05) is 12.1 Å². The molecular formula is C21H22BrN3O. The lowest BCUT2D eigenvalue weighted by atomic mass is 9.48. The Morgan fingerprint density at radius 2 is 1.73 bits per heavy atom. The molecule has 4 saturated carbocycles. The number of carbonyl (C=O) groups is 1. The van der Waals surface area contributed by atoms with Crippen LogP contribution >= 0.6 is 15.9 Å².